The van der Waals surface area contributed by atoms with E-state index >= 15 is 0 Å². The van der Waals surface area contributed by atoms with Gasteiger partial charge in [0.25, 0.3) is 0 Å². The molecule has 4 N–H and O–H groups in total. The van der Waals surface area contributed by atoms with Crippen molar-refractivity contribution in [3.63, 3.8) is 0 Å². The molecular formula is C32H41N5O4. The number of imidazole rings is 2. The Kier molecular flexibility index (Phi) is 8.75. The third kappa shape index (κ3) is 6.56. The molecule has 41 heavy (non-hydrogen) atoms. The summed E-state index contributed by atoms with van der Waals surface area (Å²) >= 11 is 0. The number of aromatic nitrogens is 4. The number of nitrogens with one attached hydrogen (secondary N) is 2. The van der Waals surface area contributed by atoms with Gasteiger partial charge in [0.15, 0.2) is 11.5 Å². The average molecular weight is 560 g/mol. The summed E-state index contributed by atoms with van der Waals surface area (Å²) < 4.78 is 5.53. The van der Waals surface area contributed by atoms with Gasteiger partial charge >= 0.3 is 6.09 Å². The van der Waals surface area contributed by atoms with Crippen LogP contribution in [-0.4, -0.2) is 53.3 Å². The Labute approximate surface area is 241 Å². The first-order valence-electron chi connectivity index (χ1n) is 14.2. The van der Waals surface area contributed by atoms with Crippen LogP contribution in [0.3, 0.4) is 0 Å². The molecule has 2 atom stereocenters. The number of rotatable bonds is 9. The van der Waals surface area contributed by atoms with Crippen LogP contribution in [0.4, 0.5) is 4.79 Å². The van der Waals surface area contributed by atoms with Crippen molar-refractivity contribution in [3.05, 3.63) is 60.4 Å². The molecule has 0 spiro atoms. The Balaban J connectivity index is 1.54. The average Bonchev–Trinajstić information content (AvgIpc) is 3.61. The van der Waals surface area contributed by atoms with Crippen LogP contribution in [0.15, 0.2) is 48.8 Å². The number of carbonyl (C=O) groups is 1. The number of hydrogen-bond donors (Lipinski definition) is 4. The number of benzene rings is 2. The molecule has 2 heterocycles. The molecule has 2 aromatic carbocycles. The minimum atomic E-state index is -0.612. The van der Waals surface area contributed by atoms with Crippen LogP contribution in [0.1, 0.15) is 84.9 Å². The van der Waals surface area contributed by atoms with Gasteiger partial charge in [-0.25, -0.2) is 14.8 Å². The monoisotopic (exact) mass is 559 g/mol. The standard InChI is InChI=1S/C32H41N5O4/c1-8-10-19(3)29-33-17-25(35-29)22-13-11-21(12-14-22)23-15-16-24(28(39)27(23)38)26-18-34-30(36-26)20(4)37(9-2)31(40)41-32(5,6)7/h11-20,38-39H,8-10H2,1-7H3,(H,33,35)(H,34,36). The van der Waals surface area contributed by atoms with Crippen LogP contribution in [0, 0.1) is 0 Å². The van der Waals surface area contributed by atoms with Crippen molar-refractivity contribution < 1.29 is 19.7 Å². The quantitative estimate of drug-likeness (QED) is 0.155. The van der Waals surface area contributed by atoms with E-state index < -0.39 is 17.7 Å². The van der Waals surface area contributed by atoms with E-state index in [0.29, 0.717) is 35.1 Å². The zero-order valence-corrected chi connectivity index (χ0v) is 24.9. The molecule has 4 aromatic rings. The maximum atomic E-state index is 12.7. The van der Waals surface area contributed by atoms with Crippen LogP contribution >= 0.6 is 0 Å². The Morgan fingerprint density at radius 1 is 0.878 bits per heavy atom. The minimum Gasteiger partial charge on any atom is -0.504 e. The summed E-state index contributed by atoms with van der Waals surface area (Å²) in [5.74, 6) is 1.42. The van der Waals surface area contributed by atoms with Gasteiger partial charge in [-0.3, -0.25) is 4.90 Å². The van der Waals surface area contributed by atoms with E-state index in [1.807, 2.05) is 65.1 Å². The summed E-state index contributed by atoms with van der Waals surface area (Å²) in [5, 5.41) is 21.9. The highest BCUT2D eigenvalue weighted by molar-refractivity contribution is 5.82. The first kappa shape index (κ1) is 29.7. The van der Waals surface area contributed by atoms with Crippen molar-refractivity contribution in [2.24, 2.45) is 0 Å². The van der Waals surface area contributed by atoms with Crippen molar-refractivity contribution in [1.29, 1.82) is 0 Å². The summed E-state index contributed by atoms with van der Waals surface area (Å²) in [6.45, 7) is 14.0. The predicted molar refractivity (Wildman–Crippen MR) is 161 cm³/mol. The van der Waals surface area contributed by atoms with Crippen molar-refractivity contribution in [3.8, 4) is 45.1 Å². The third-order valence-corrected chi connectivity index (χ3v) is 7.16. The highest BCUT2D eigenvalue weighted by Gasteiger charge is 2.27. The molecule has 218 valence electrons. The summed E-state index contributed by atoms with van der Waals surface area (Å²) in [6.07, 6.45) is 5.18. The molecule has 2 unspecified atom stereocenters. The van der Waals surface area contributed by atoms with Gasteiger partial charge in [0.05, 0.1) is 29.8 Å². The first-order valence-corrected chi connectivity index (χ1v) is 14.2. The number of ether oxygens (including phenoxy) is 1. The largest absolute Gasteiger partial charge is 0.504 e. The fourth-order valence-electron chi connectivity index (χ4n) is 4.88. The van der Waals surface area contributed by atoms with Crippen LogP contribution in [0.2, 0.25) is 0 Å². The van der Waals surface area contributed by atoms with Gasteiger partial charge in [0, 0.05) is 23.6 Å². The maximum absolute atomic E-state index is 12.7. The lowest BCUT2D eigenvalue weighted by atomic mass is 9.99. The highest BCUT2D eigenvalue weighted by Crippen LogP contribution is 2.43. The SMILES string of the molecule is CCCC(C)c1ncc(-c2ccc(-c3ccc(-c4cnc(C(C)N(CC)C(=O)OC(C)(C)C)[nH]4)c(O)c3O)cc2)[nH]1. The summed E-state index contributed by atoms with van der Waals surface area (Å²) in [6, 6.07) is 10.9. The second kappa shape index (κ2) is 12.1. The van der Waals surface area contributed by atoms with Crippen LogP contribution in [-0.2, 0) is 4.74 Å². The predicted octanol–water partition coefficient (Wildman–Crippen LogP) is 7.77. The lowest BCUT2D eigenvalue weighted by Gasteiger charge is -2.30. The maximum Gasteiger partial charge on any atom is 0.410 e. The molecule has 0 bridgehead atoms. The molecule has 0 aliphatic carbocycles. The topological polar surface area (TPSA) is 127 Å². The molecule has 2 aromatic heterocycles. The van der Waals surface area contributed by atoms with E-state index in [9.17, 15) is 15.0 Å². The van der Waals surface area contributed by atoms with Gasteiger partial charge in [-0.1, -0.05) is 44.5 Å². The molecule has 0 saturated carbocycles. The molecule has 0 radical (unpaired) electrons. The number of aromatic hydroxyl groups is 2. The number of carbonyl (C=O) groups excluding carboxylic acids is 1. The van der Waals surface area contributed by atoms with Crippen molar-refractivity contribution in [1.82, 2.24) is 24.8 Å². The lowest BCUT2D eigenvalue weighted by molar-refractivity contribution is 0.0179. The molecule has 4 rings (SSSR count). The molecular weight excluding hydrogens is 518 g/mol. The number of H-pyrrole nitrogens is 2. The third-order valence-electron chi connectivity index (χ3n) is 7.16. The normalized spacial score (nSPS) is 13.1. The second-order valence-electron chi connectivity index (χ2n) is 11.4. The van der Waals surface area contributed by atoms with Gasteiger partial charge in [-0.05, 0) is 64.3 Å². The van der Waals surface area contributed by atoms with Crippen molar-refractivity contribution >= 4 is 6.09 Å². The Morgan fingerprint density at radius 2 is 1.44 bits per heavy atom. The number of aromatic amines is 2. The molecule has 1 amide bonds. The van der Waals surface area contributed by atoms with E-state index in [-0.39, 0.29) is 11.5 Å². The van der Waals surface area contributed by atoms with E-state index in [0.717, 1.165) is 35.5 Å². The number of phenolic OH excluding ortho intramolecular Hbond substituents is 2. The van der Waals surface area contributed by atoms with Gasteiger partial charge < -0.3 is 24.9 Å². The van der Waals surface area contributed by atoms with Crippen LogP contribution in [0.25, 0.3) is 33.6 Å². The van der Waals surface area contributed by atoms with Crippen LogP contribution < -0.4 is 0 Å². The molecule has 0 aliphatic heterocycles. The Morgan fingerprint density at radius 3 is 2.07 bits per heavy atom. The van der Waals surface area contributed by atoms with Crippen LogP contribution in [0.5, 0.6) is 11.5 Å². The van der Waals surface area contributed by atoms with Gasteiger partial charge in [0.2, 0.25) is 0 Å². The minimum absolute atomic E-state index is 0.222. The van der Waals surface area contributed by atoms with E-state index in [1.165, 1.54) is 0 Å². The Hall–Kier alpha value is -4.27. The van der Waals surface area contributed by atoms with Crippen molar-refractivity contribution in [2.45, 2.75) is 78.9 Å². The Bertz CT molecular complexity index is 1480. The molecule has 9 nitrogen and oxygen atoms in total. The number of phenols is 2. The molecule has 0 aliphatic rings. The lowest BCUT2D eigenvalue weighted by Crippen LogP contribution is -2.38. The zero-order valence-electron chi connectivity index (χ0n) is 24.9. The summed E-state index contributed by atoms with van der Waals surface area (Å²) in [4.78, 5) is 29.9. The molecule has 0 saturated heterocycles. The van der Waals surface area contributed by atoms with Gasteiger partial charge in [-0.15, -0.1) is 0 Å². The molecule has 9 heteroatoms. The molecule has 0 fully saturated rings. The van der Waals surface area contributed by atoms with Crippen molar-refractivity contribution in [2.75, 3.05) is 6.54 Å². The summed E-state index contributed by atoms with van der Waals surface area (Å²) in [7, 11) is 0. The number of amides is 1. The second-order valence-corrected chi connectivity index (χ2v) is 11.4. The van der Waals surface area contributed by atoms with E-state index in [1.54, 1.807) is 23.2 Å². The first-order chi connectivity index (χ1) is 19.4. The van der Waals surface area contributed by atoms with Gasteiger partial charge in [-0.2, -0.15) is 0 Å². The zero-order chi connectivity index (χ0) is 29.9. The fourth-order valence-corrected chi connectivity index (χ4v) is 4.88. The summed E-state index contributed by atoms with van der Waals surface area (Å²) in [5.41, 5.74) is 3.52. The van der Waals surface area contributed by atoms with Gasteiger partial charge in [0.1, 0.15) is 17.2 Å². The number of nitrogens with zero attached hydrogens (tertiary/aromatic N) is 3. The smallest absolute Gasteiger partial charge is 0.410 e. The van der Waals surface area contributed by atoms with E-state index in [2.05, 4.69) is 33.8 Å². The van der Waals surface area contributed by atoms with E-state index in [4.69, 9.17) is 4.74 Å². The number of hydrogen-bond acceptors (Lipinski definition) is 6. The fraction of sp³-hybridized carbons (Fsp3) is 0.406. The highest BCUT2D eigenvalue weighted by atomic mass is 16.6.